The minimum atomic E-state index is -0.880. The first-order chi connectivity index (χ1) is 16.0. The molecule has 1 saturated heterocycles. The molecule has 1 unspecified atom stereocenters. The first-order valence-electron chi connectivity index (χ1n) is 11.4. The molecule has 1 aromatic carbocycles. The Hall–Kier alpha value is -3.43. The molecule has 10 heteroatoms. The predicted octanol–water partition coefficient (Wildman–Crippen LogP) is 3.56. The quantitative estimate of drug-likeness (QED) is 0.569. The highest BCUT2D eigenvalue weighted by Crippen LogP contribution is 2.41. The molecule has 0 spiro atoms. The molecule has 2 aliphatic rings. The lowest BCUT2D eigenvalue weighted by Gasteiger charge is -2.24. The van der Waals surface area contributed by atoms with Crippen LogP contribution in [0.3, 0.4) is 0 Å². The molecule has 0 radical (unpaired) electrons. The number of amides is 1. The number of aromatic amines is 1. The third-order valence-electron chi connectivity index (χ3n) is 6.22. The maximum Gasteiger partial charge on any atom is 0.407 e. The summed E-state index contributed by atoms with van der Waals surface area (Å²) in [4.78, 5) is 41.6. The van der Waals surface area contributed by atoms with Crippen LogP contribution in [0.25, 0.3) is 21.8 Å². The number of benzene rings is 1. The Kier molecular flexibility index (Phi) is 5.14. The molecule has 5 rings (SSSR count). The van der Waals surface area contributed by atoms with E-state index in [-0.39, 0.29) is 40.6 Å². The van der Waals surface area contributed by atoms with Gasteiger partial charge in [0.1, 0.15) is 22.5 Å². The van der Waals surface area contributed by atoms with Crippen molar-refractivity contribution in [2.45, 2.75) is 57.7 Å². The molecule has 3 heterocycles. The van der Waals surface area contributed by atoms with Gasteiger partial charge in [-0.15, -0.1) is 0 Å². The number of hydrogen-bond donors (Lipinski definition) is 2. The molecule has 1 amide bonds. The highest BCUT2D eigenvalue weighted by Gasteiger charge is 2.34. The van der Waals surface area contributed by atoms with Gasteiger partial charge < -0.3 is 24.5 Å². The monoisotopic (exact) mass is 472 g/mol. The van der Waals surface area contributed by atoms with Crippen molar-refractivity contribution in [3.05, 3.63) is 50.5 Å². The van der Waals surface area contributed by atoms with Crippen LogP contribution in [0.4, 0.5) is 19.3 Å². The second-order valence-corrected chi connectivity index (χ2v) is 9.99. The number of nitrogens with one attached hydrogen (secondary N) is 2. The summed E-state index contributed by atoms with van der Waals surface area (Å²) in [7, 11) is 0. The van der Waals surface area contributed by atoms with E-state index in [9.17, 15) is 14.4 Å². The average molecular weight is 472 g/mol. The summed E-state index contributed by atoms with van der Waals surface area (Å²) in [6, 6.07) is 2.19. The van der Waals surface area contributed by atoms with E-state index in [4.69, 9.17) is 4.74 Å². The SMILES string of the molecule is CC(C)(C)OC(=O)NC1CCN(c2c(F)cc3c(=O)c4c(=O)[nH]ccc4n(C4CC4)c3c2F)C1. The molecule has 2 N–H and O–H groups in total. The standard InChI is InChI=1S/C24H26F2N4O4/c1-24(2,3)34-23(33)28-12-7-9-29(11-12)20-15(25)10-14-19(18(20)26)30(13-4-5-13)16-6-8-27-22(32)17(16)21(14)31/h6,8,10,12-13H,4-5,7,9,11H2,1-3H3,(H,27,32)(H,28,33). The Balaban J connectivity index is 1.58. The van der Waals surface area contributed by atoms with Gasteiger partial charge in [0.15, 0.2) is 5.82 Å². The highest BCUT2D eigenvalue weighted by molar-refractivity contribution is 5.95. The Morgan fingerprint density at radius 1 is 1.21 bits per heavy atom. The predicted molar refractivity (Wildman–Crippen MR) is 125 cm³/mol. The van der Waals surface area contributed by atoms with Gasteiger partial charge in [0, 0.05) is 25.3 Å². The lowest BCUT2D eigenvalue weighted by Crippen LogP contribution is -2.40. The zero-order valence-electron chi connectivity index (χ0n) is 19.2. The van der Waals surface area contributed by atoms with Crippen LogP contribution < -0.4 is 21.2 Å². The van der Waals surface area contributed by atoms with E-state index < -0.39 is 34.3 Å². The summed E-state index contributed by atoms with van der Waals surface area (Å²) in [5, 5.41) is 2.49. The van der Waals surface area contributed by atoms with E-state index >= 15 is 8.78 Å². The Bertz CT molecular complexity index is 1440. The molecule has 2 fully saturated rings. The molecule has 1 atom stereocenters. The number of hydrogen-bond acceptors (Lipinski definition) is 5. The number of carbonyl (C=O) groups is 1. The van der Waals surface area contributed by atoms with E-state index in [1.54, 1.807) is 31.4 Å². The number of fused-ring (bicyclic) bond motifs is 2. The van der Waals surface area contributed by atoms with Crippen LogP contribution >= 0.6 is 0 Å². The Morgan fingerprint density at radius 2 is 1.94 bits per heavy atom. The number of carbonyl (C=O) groups excluding carboxylic acids is 1. The molecule has 8 nitrogen and oxygen atoms in total. The molecular weight excluding hydrogens is 446 g/mol. The number of alkyl carbamates (subject to hydrolysis) is 1. The van der Waals surface area contributed by atoms with Crippen LogP contribution in [0.1, 0.15) is 46.1 Å². The van der Waals surface area contributed by atoms with Crippen molar-refractivity contribution < 1.29 is 18.3 Å². The van der Waals surface area contributed by atoms with Crippen molar-refractivity contribution in [3.63, 3.8) is 0 Å². The molecule has 3 aromatic rings. The summed E-state index contributed by atoms with van der Waals surface area (Å²) in [5.41, 5.74) is -1.83. The second-order valence-electron chi connectivity index (χ2n) is 9.99. The maximum atomic E-state index is 16.0. The van der Waals surface area contributed by atoms with Crippen molar-refractivity contribution in [2.24, 2.45) is 0 Å². The van der Waals surface area contributed by atoms with Gasteiger partial charge in [0.2, 0.25) is 5.43 Å². The van der Waals surface area contributed by atoms with E-state index in [0.717, 1.165) is 18.9 Å². The molecule has 1 aliphatic heterocycles. The van der Waals surface area contributed by atoms with Crippen LogP contribution in [-0.2, 0) is 4.74 Å². The van der Waals surface area contributed by atoms with Crippen molar-refractivity contribution >= 4 is 33.6 Å². The van der Waals surface area contributed by atoms with Crippen molar-refractivity contribution in [1.29, 1.82) is 0 Å². The van der Waals surface area contributed by atoms with Gasteiger partial charge in [-0.25, -0.2) is 13.6 Å². The van der Waals surface area contributed by atoms with Crippen LogP contribution in [0.2, 0.25) is 0 Å². The lowest BCUT2D eigenvalue weighted by molar-refractivity contribution is 0.0509. The molecule has 1 saturated carbocycles. The molecule has 180 valence electrons. The number of nitrogens with zero attached hydrogens (tertiary/aromatic N) is 2. The molecule has 0 bridgehead atoms. The number of halogens is 2. The van der Waals surface area contributed by atoms with E-state index in [2.05, 4.69) is 10.3 Å². The topological polar surface area (TPSA) is 96.4 Å². The Labute approximate surface area is 193 Å². The summed E-state index contributed by atoms with van der Waals surface area (Å²) >= 11 is 0. The zero-order valence-corrected chi connectivity index (χ0v) is 19.2. The van der Waals surface area contributed by atoms with Crippen LogP contribution in [0.15, 0.2) is 27.9 Å². The summed E-state index contributed by atoms with van der Waals surface area (Å²) < 4.78 is 38.2. The van der Waals surface area contributed by atoms with Gasteiger partial charge >= 0.3 is 6.09 Å². The van der Waals surface area contributed by atoms with Gasteiger partial charge in [0.25, 0.3) is 5.56 Å². The van der Waals surface area contributed by atoms with Crippen LogP contribution in [0.5, 0.6) is 0 Å². The number of H-pyrrole nitrogens is 1. The van der Waals surface area contributed by atoms with Crippen molar-refractivity contribution in [1.82, 2.24) is 14.9 Å². The summed E-state index contributed by atoms with van der Waals surface area (Å²) in [5.74, 6) is -1.71. The molecule has 34 heavy (non-hydrogen) atoms. The average Bonchev–Trinajstić information content (AvgIpc) is 3.47. The normalized spacial score (nSPS) is 18.6. The highest BCUT2D eigenvalue weighted by atomic mass is 19.1. The van der Waals surface area contributed by atoms with Crippen LogP contribution in [0, 0.1) is 11.6 Å². The fourth-order valence-electron chi connectivity index (χ4n) is 4.71. The first-order valence-corrected chi connectivity index (χ1v) is 11.4. The summed E-state index contributed by atoms with van der Waals surface area (Å²) in [6.07, 6.45) is 2.87. The Morgan fingerprint density at radius 3 is 2.62 bits per heavy atom. The van der Waals surface area contributed by atoms with Gasteiger partial charge in [-0.2, -0.15) is 0 Å². The fraction of sp³-hybridized carbons (Fsp3) is 0.458. The van der Waals surface area contributed by atoms with E-state index in [1.807, 2.05) is 0 Å². The van der Waals surface area contributed by atoms with Crippen LogP contribution in [-0.4, -0.2) is 40.4 Å². The number of ether oxygens (including phenoxy) is 1. The zero-order chi connectivity index (χ0) is 24.4. The number of anilines is 1. The minimum Gasteiger partial charge on any atom is -0.444 e. The van der Waals surface area contributed by atoms with Gasteiger partial charge in [-0.1, -0.05) is 0 Å². The number of aromatic nitrogens is 2. The maximum absolute atomic E-state index is 16.0. The first kappa shape index (κ1) is 22.4. The third kappa shape index (κ3) is 3.80. The van der Waals surface area contributed by atoms with Gasteiger partial charge in [0.05, 0.1) is 22.5 Å². The smallest absolute Gasteiger partial charge is 0.407 e. The second kappa shape index (κ2) is 7.82. The largest absolute Gasteiger partial charge is 0.444 e. The minimum absolute atomic E-state index is 0.00514. The number of rotatable bonds is 3. The van der Waals surface area contributed by atoms with Crippen molar-refractivity contribution in [3.8, 4) is 0 Å². The van der Waals surface area contributed by atoms with Crippen molar-refractivity contribution in [2.75, 3.05) is 18.0 Å². The van der Waals surface area contributed by atoms with E-state index in [1.165, 1.54) is 11.1 Å². The van der Waals surface area contributed by atoms with Gasteiger partial charge in [-0.3, -0.25) is 9.59 Å². The molecular formula is C24H26F2N4O4. The molecule has 1 aliphatic carbocycles. The molecule has 2 aromatic heterocycles. The lowest BCUT2D eigenvalue weighted by atomic mass is 10.1. The number of pyridine rings is 2. The third-order valence-corrected chi connectivity index (χ3v) is 6.22. The fourth-order valence-corrected chi connectivity index (χ4v) is 4.71. The van der Waals surface area contributed by atoms with Gasteiger partial charge in [-0.05, 0) is 52.2 Å². The summed E-state index contributed by atoms with van der Waals surface area (Å²) in [6.45, 7) is 5.78. The van der Waals surface area contributed by atoms with E-state index in [0.29, 0.717) is 18.5 Å².